The molecule has 1 fully saturated rings. The Morgan fingerprint density at radius 1 is 1.14 bits per heavy atom. The molecule has 1 aliphatic rings. The van der Waals surface area contributed by atoms with Crippen molar-refractivity contribution in [2.45, 2.75) is 51.7 Å². The normalized spacial score (nSPS) is 15.8. The Hall–Kier alpha value is -3.79. The molecule has 3 rings (SSSR count). The fraction of sp³-hybridized carbons (Fsp3) is 0.423. The van der Waals surface area contributed by atoms with Gasteiger partial charge in [0, 0.05) is 25.6 Å². The molecule has 0 amide bonds. The molecule has 0 spiro atoms. The Balaban J connectivity index is 1.45. The maximum Gasteiger partial charge on any atom is 0.365 e. The van der Waals surface area contributed by atoms with Gasteiger partial charge in [0.1, 0.15) is 0 Å². The number of nitro benzene ring substituents is 1. The Kier molecular flexibility index (Phi) is 9.93. The number of hydrogen-bond acceptors (Lipinski definition) is 8. The van der Waals surface area contributed by atoms with E-state index in [-0.39, 0.29) is 17.1 Å². The molecule has 1 atom stereocenters. The maximum atomic E-state index is 12.2. The van der Waals surface area contributed by atoms with E-state index in [9.17, 15) is 19.7 Å². The zero-order valence-electron chi connectivity index (χ0n) is 20.4. The van der Waals surface area contributed by atoms with E-state index >= 15 is 0 Å². The van der Waals surface area contributed by atoms with Crippen molar-refractivity contribution in [2.75, 3.05) is 13.1 Å². The number of carbonyl (C=O) groups excluding carboxylic acids is 2. The van der Waals surface area contributed by atoms with Gasteiger partial charge in [0.05, 0.1) is 10.5 Å². The van der Waals surface area contributed by atoms with E-state index in [4.69, 9.17) is 15.3 Å². The molecule has 0 aromatic heterocycles. The third-order valence-corrected chi connectivity index (χ3v) is 6.22. The molecule has 36 heavy (non-hydrogen) atoms. The van der Waals surface area contributed by atoms with E-state index in [0.29, 0.717) is 12.3 Å². The average Bonchev–Trinajstić information content (AvgIpc) is 2.88. The first kappa shape index (κ1) is 26.8. The second kappa shape index (κ2) is 13.3. The number of rotatable bonds is 11. The number of non-ortho nitro benzene ring substituents is 1. The van der Waals surface area contributed by atoms with Crippen LogP contribution in [0.4, 0.5) is 5.69 Å². The van der Waals surface area contributed by atoms with Gasteiger partial charge in [0.2, 0.25) is 0 Å². The number of hydrogen-bond donors (Lipinski definition) is 1. The molecule has 1 heterocycles. The summed E-state index contributed by atoms with van der Waals surface area (Å²) in [7, 11) is 0. The summed E-state index contributed by atoms with van der Waals surface area (Å²) < 4.78 is 5.30. The van der Waals surface area contributed by atoms with Crippen LogP contribution in [0.15, 0.2) is 59.8 Å². The van der Waals surface area contributed by atoms with Crippen LogP contribution < -0.4 is 5.73 Å². The number of benzene rings is 2. The van der Waals surface area contributed by atoms with Crippen LogP contribution in [0, 0.1) is 16.0 Å². The van der Waals surface area contributed by atoms with Crippen molar-refractivity contribution in [2.24, 2.45) is 16.8 Å². The molecule has 192 valence electrons. The first-order valence-electron chi connectivity index (χ1n) is 12.0. The Labute approximate surface area is 210 Å². The fourth-order valence-corrected chi connectivity index (χ4v) is 4.26. The summed E-state index contributed by atoms with van der Waals surface area (Å²) in [5.74, 6) is -0.850. The summed E-state index contributed by atoms with van der Waals surface area (Å²) in [4.78, 5) is 41.2. The number of oxime groups is 1. The van der Waals surface area contributed by atoms with Gasteiger partial charge in [-0.15, -0.1) is 0 Å². The molecule has 1 saturated heterocycles. The molecule has 1 unspecified atom stereocenters. The lowest BCUT2D eigenvalue weighted by molar-refractivity contribution is -0.384. The van der Waals surface area contributed by atoms with Crippen LogP contribution in [-0.2, 0) is 20.9 Å². The van der Waals surface area contributed by atoms with Crippen LogP contribution in [0.3, 0.4) is 0 Å². The van der Waals surface area contributed by atoms with Gasteiger partial charge >= 0.3 is 11.9 Å². The minimum Gasteiger partial charge on any atom is -0.454 e. The Bertz CT molecular complexity index is 1050. The van der Waals surface area contributed by atoms with Gasteiger partial charge in [0.15, 0.2) is 11.9 Å². The zero-order valence-corrected chi connectivity index (χ0v) is 20.4. The first-order valence-corrected chi connectivity index (χ1v) is 12.0. The highest BCUT2D eigenvalue weighted by atomic mass is 16.7. The van der Waals surface area contributed by atoms with Crippen LogP contribution >= 0.6 is 0 Å². The van der Waals surface area contributed by atoms with E-state index in [1.807, 2.05) is 6.07 Å². The molecular weight excluding hydrogens is 464 g/mol. The number of piperidine rings is 1. The molecule has 10 heteroatoms. The van der Waals surface area contributed by atoms with Gasteiger partial charge in [0.25, 0.3) is 5.69 Å². The quantitative estimate of drug-likeness (QED) is 0.123. The topological polar surface area (TPSA) is 137 Å². The number of amidine groups is 1. The van der Waals surface area contributed by atoms with Crippen LogP contribution in [0.25, 0.3) is 0 Å². The molecule has 0 aliphatic carbocycles. The van der Waals surface area contributed by atoms with E-state index < -0.39 is 23.0 Å². The van der Waals surface area contributed by atoms with Gasteiger partial charge in [-0.3, -0.25) is 19.8 Å². The van der Waals surface area contributed by atoms with E-state index in [2.05, 4.69) is 34.3 Å². The summed E-state index contributed by atoms with van der Waals surface area (Å²) in [5.41, 5.74) is 7.23. The number of nitrogens with zero attached hydrogens (tertiary/aromatic N) is 3. The van der Waals surface area contributed by atoms with Crippen LogP contribution in [-0.4, -0.2) is 46.8 Å². The highest BCUT2D eigenvalue weighted by Crippen LogP contribution is 2.24. The van der Waals surface area contributed by atoms with Crippen LogP contribution in [0.5, 0.6) is 0 Å². The van der Waals surface area contributed by atoms with Gasteiger partial charge < -0.3 is 15.3 Å². The maximum absolute atomic E-state index is 12.2. The van der Waals surface area contributed by atoms with E-state index in [1.165, 1.54) is 36.8 Å². The van der Waals surface area contributed by atoms with Crippen molar-refractivity contribution in [3.8, 4) is 0 Å². The minimum absolute atomic E-state index is 0.0831. The van der Waals surface area contributed by atoms with Crippen LogP contribution in [0.2, 0.25) is 0 Å². The predicted molar refractivity (Wildman–Crippen MR) is 134 cm³/mol. The predicted octanol–water partition coefficient (Wildman–Crippen LogP) is 4.04. The number of nitrogens with two attached hydrogens (primary N) is 1. The highest BCUT2D eigenvalue weighted by molar-refractivity contribution is 5.91. The molecule has 2 N–H and O–H groups in total. The zero-order chi connectivity index (χ0) is 25.9. The van der Waals surface area contributed by atoms with E-state index in [0.717, 1.165) is 45.3 Å². The van der Waals surface area contributed by atoms with Crippen LogP contribution in [0.1, 0.15) is 54.9 Å². The summed E-state index contributed by atoms with van der Waals surface area (Å²) in [6, 6.07) is 15.4. The number of carbonyl (C=O) groups is 2. The summed E-state index contributed by atoms with van der Waals surface area (Å²) in [6.45, 7) is 4.35. The SMILES string of the molecule is CC(=O)OC(CCCC1CCN(Cc2ccccc2)CC1)/C(N)=N/OC(=O)c1ccc([N+](=O)[O-])cc1. The van der Waals surface area contributed by atoms with E-state index in [1.54, 1.807) is 0 Å². The second-order valence-corrected chi connectivity index (χ2v) is 8.93. The molecule has 0 radical (unpaired) electrons. The monoisotopic (exact) mass is 496 g/mol. The largest absolute Gasteiger partial charge is 0.454 e. The van der Waals surface area contributed by atoms with Crippen molar-refractivity contribution in [3.63, 3.8) is 0 Å². The number of ether oxygens (including phenoxy) is 1. The second-order valence-electron chi connectivity index (χ2n) is 8.93. The molecule has 0 bridgehead atoms. The highest BCUT2D eigenvalue weighted by Gasteiger charge is 2.22. The minimum atomic E-state index is -0.823. The molecule has 2 aromatic rings. The van der Waals surface area contributed by atoms with Crippen molar-refractivity contribution in [1.82, 2.24) is 4.90 Å². The Morgan fingerprint density at radius 2 is 1.81 bits per heavy atom. The van der Waals surface area contributed by atoms with Crippen molar-refractivity contribution >= 4 is 23.5 Å². The van der Waals surface area contributed by atoms with Gasteiger partial charge in [-0.2, -0.15) is 0 Å². The van der Waals surface area contributed by atoms with Gasteiger partial charge in [-0.25, -0.2) is 4.79 Å². The molecule has 0 saturated carbocycles. The molecular formula is C26H32N4O6. The van der Waals surface area contributed by atoms with Crippen molar-refractivity contribution in [1.29, 1.82) is 0 Å². The molecule has 2 aromatic carbocycles. The van der Waals surface area contributed by atoms with Crippen molar-refractivity contribution < 1.29 is 24.1 Å². The summed E-state index contributed by atoms with van der Waals surface area (Å²) >= 11 is 0. The number of esters is 1. The summed E-state index contributed by atoms with van der Waals surface area (Å²) in [5, 5.41) is 14.4. The van der Waals surface area contributed by atoms with Gasteiger partial charge in [-0.1, -0.05) is 41.9 Å². The standard InChI is InChI=1S/C26H32N4O6/c1-19(31)35-24(25(27)28-36-26(32)22-10-12-23(13-11-22)30(33)34)9-5-8-20-14-16-29(17-15-20)18-21-6-3-2-4-7-21/h2-4,6-7,10-13,20,24H,5,8-9,14-18H2,1H3,(H2,27,28). The third-order valence-electron chi connectivity index (χ3n) is 6.22. The first-order chi connectivity index (χ1) is 17.3. The smallest absolute Gasteiger partial charge is 0.365 e. The molecule has 1 aliphatic heterocycles. The lowest BCUT2D eigenvalue weighted by atomic mass is 9.90. The molecule has 10 nitrogen and oxygen atoms in total. The average molecular weight is 497 g/mol. The van der Waals surface area contributed by atoms with Gasteiger partial charge in [-0.05, 0) is 62.4 Å². The Morgan fingerprint density at radius 3 is 2.42 bits per heavy atom. The summed E-state index contributed by atoms with van der Waals surface area (Å²) in [6.07, 6.45) is 3.66. The fourth-order valence-electron chi connectivity index (χ4n) is 4.26. The number of nitro groups is 1. The number of likely N-dealkylation sites (tertiary alicyclic amines) is 1. The lowest BCUT2D eigenvalue weighted by Crippen LogP contribution is -2.34. The third kappa shape index (κ3) is 8.46. The lowest BCUT2D eigenvalue weighted by Gasteiger charge is -2.32. The van der Waals surface area contributed by atoms with Crippen molar-refractivity contribution in [3.05, 3.63) is 75.8 Å².